The average molecular weight is 496 g/mol. The number of carbonyl (C=O) groups excluding carboxylic acids is 1. The Bertz CT molecular complexity index is 1420. The second-order valence-corrected chi connectivity index (χ2v) is 9.95. The molecule has 2 heterocycles. The molecule has 37 heavy (non-hydrogen) atoms. The molecule has 0 bridgehead atoms. The molecule has 0 saturated carbocycles. The first-order valence-corrected chi connectivity index (χ1v) is 12.4. The van der Waals surface area contributed by atoms with Gasteiger partial charge in [0.25, 0.3) is 5.91 Å². The molecule has 6 heteroatoms. The molecule has 4 rings (SSSR count). The molecule has 0 aliphatic heterocycles. The van der Waals surface area contributed by atoms with Crippen LogP contribution in [0.1, 0.15) is 54.9 Å². The van der Waals surface area contributed by atoms with Gasteiger partial charge in [-0.1, -0.05) is 39.8 Å². The predicted octanol–water partition coefficient (Wildman–Crippen LogP) is 7.37. The minimum absolute atomic E-state index is 0.0658. The summed E-state index contributed by atoms with van der Waals surface area (Å²) in [6.07, 6.45) is 4.33. The van der Waals surface area contributed by atoms with Gasteiger partial charge in [-0.15, -0.1) is 0 Å². The molecule has 2 aromatic carbocycles. The number of aromatic nitrogens is 2. The van der Waals surface area contributed by atoms with Gasteiger partial charge in [0.1, 0.15) is 11.5 Å². The Labute approximate surface area is 218 Å². The Morgan fingerprint density at radius 2 is 1.76 bits per heavy atom. The smallest absolute Gasteiger partial charge is 0.255 e. The van der Waals surface area contributed by atoms with E-state index in [0.717, 1.165) is 34.4 Å². The van der Waals surface area contributed by atoms with Crippen molar-refractivity contribution in [2.24, 2.45) is 0 Å². The first-order valence-electron chi connectivity index (χ1n) is 12.4. The topological polar surface area (TPSA) is 73.3 Å². The highest BCUT2D eigenvalue weighted by Gasteiger charge is 2.18. The second-order valence-electron chi connectivity index (χ2n) is 9.95. The zero-order valence-corrected chi connectivity index (χ0v) is 22.3. The number of hydrogen-bond acceptors (Lipinski definition) is 5. The Morgan fingerprint density at radius 3 is 2.49 bits per heavy atom. The van der Waals surface area contributed by atoms with Crippen molar-refractivity contribution in [1.82, 2.24) is 9.97 Å². The van der Waals surface area contributed by atoms with Crippen LogP contribution in [0.25, 0.3) is 11.1 Å². The summed E-state index contributed by atoms with van der Waals surface area (Å²) in [5.41, 5.74) is 5.85. The number of hydrogen-bond donors (Lipinski definition) is 1. The summed E-state index contributed by atoms with van der Waals surface area (Å²) in [5, 5.41) is 3.01. The van der Waals surface area contributed by atoms with Gasteiger partial charge in [0, 0.05) is 29.2 Å². The maximum Gasteiger partial charge on any atom is 0.255 e. The number of pyridine rings is 2. The molecular weight excluding hydrogens is 462 g/mol. The first kappa shape index (κ1) is 25.9. The number of benzene rings is 2. The molecule has 0 fully saturated rings. The van der Waals surface area contributed by atoms with Gasteiger partial charge in [-0.25, -0.2) is 4.98 Å². The van der Waals surface area contributed by atoms with Crippen LogP contribution in [0.5, 0.6) is 17.4 Å². The van der Waals surface area contributed by atoms with Crippen molar-refractivity contribution in [2.45, 2.75) is 46.5 Å². The number of aryl methyl sites for hydroxylation is 2. The van der Waals surface area contributed by atoms with Gasteiger partial charge in [0.15, 0.2) is 0 Å². The lowest BCUT2D eigenvalue weighted by Gasteiger charge is -2.21. The van der Waals surface area contributed by atoms with E-state index in [2.05, 4.69) is 43.0 Å². The van der Waals surface area contributed by atoms with E-state index in [4.69, 9.17) is 9.47 Å². The average Bonchev–Trinajstić information content (AvgIpc) is 2.89. The molecule has 0 spiro atoms. The SMILES string of the molecule is CCc1cc(-c2cccnc2Oc2cc(C(=O)Nc3cc(C(C)(C)C)ccc3OC)ccc2C)ccn1. The van der Waals surface area contributed by atoms with Crippen LogP contribution in [0.2, 0.25) is 0 Å². The summed E-state index contributed by atoms with van der Waals surface area (Å²) in [4.78, 5) is 22.2. The number of methoxy groups -OCH3 is 1. The summed E-state index contributed by atoms with van der Waals surface area (Å²) < 4.78 is 11.8. The molecular formula is C31H33N3O3. The third-order valence-corrected chi connectivity index (χ3v) is 6.23. The van der Waals surface area contributed by atoms with Crippen molar-refractivity contribution in [2.75, 3.05) is 12.4 Å². The van der Waals surface area contributed by atoms with Crippen LogP contribution in [0, 0.1) is 6.92 Å². The van der Waals surface area contributed by atoms with Gasteiger partial charge in [-0.2, -0.15) is 0 Å². The number of rotatable bonds is 7. The van der Waals surface area contributed by atoms with E-state index in [0.29, 0.717) is 28.6 Å². The lowest BCUT2D eigenvalue weighted by Crippen LogP contribution is -2.15. The third-order valence-electron chi connectivity index (χ3n) is 6.23. The van der Waals surface area contributed by atoms with E-state index in [-0.39, 0.29) is 11.3 Å². The highest BCUT2D eigenvalue weighted by Crippen LogP contribution is 2.34. The summed E-state index contributed by atoms with van der Waals surface area (Å²) in [6.45, 7) is 10.4. The maximum absolute atomic E-state index is 13.3. The van der Waals surface area contributed by atoms with Crippen LogP contribution in [0.3, 0.4) is 0 Å². The van der Waals surface area contributed by atoms with E-state index in [1.165, 1.54) is 0 Å². The van der Waals surface area contributed by atoms with Crippen LogP contribution >= 0.6 is 0 Å². The monoisotopic (exact) mass is 495 g/mol. The van der Waals surface area contributed by atoms with E-state index >= 15 is 0 Å². The fraction of sp³-hybridized carbons (Fsp3) is 0.258. The minimum Gasteiger partial charge on any atom is -0.495 e. The van der Waals surface area contributed by atoms with E-state index < -0.39 is 0 Å². The van der Waals surface area contributed by atoms with Crippen molar-refractivity contribution in [3.8, 4) is 28.5 Å². The van der Waals surface area contributed by atoms with E-state index in [9.17, 15) is 4.79 Å². The van der Waals surface area contributed by atoms with E-state index in [1.807, 2.05) is 55.5 Å². The van der Waals surface area contributed by atoms with Crippen molar-refractivity contribution in [1.29, 1.82) is 0 Å². The number of ether oxygens (including phenoxy) is 2. The van der Waals surface area contributed by atoms with Crippen molar-refractivity contribution >= 4 is 11.6 Å². The number of carbonyl (C=O) groups is 1. The van der Waals surface area contributed by atoms with Crippen LogP contribution in [-0.4, -0.2) is 23.0 Å². The highest BCUT2D eigenvalue weighted by molar-refractivity contribution is 6.05. The molecule has 190 valence electrons. The molecule has 4 aromatic rings. The fourth-order valence-corrected chi connectivity index (χ4v) is 3.95. The molecule has 1 N–H and O–H groups in total. The highest BCUT2D eigenvalue weighted by atomic mass is 16.5. The van der Waals surface area contributed by atoms with E-state index in [1.54, 1.807) is 31.6 Å². The van der Waals surface area contributed by atoms with Crippen molar-refractivity contribution < 1.29 is 14.3 Å². The normalized spacial score (nSPS) is 11.2. The lowest BCUT2D eigenvalue weighted by molar-refractivity contribution is 0.102. The zero-order chi connectivity index (χ0) is 26.6. The zero-order valence-electron chi connectivity index (χ0n) is 22.3. The number of amides is 1. The Morgan fingerprint density at radius 1 is 0.946 bits per heavy atom. The quantitative estimate of drug-likeness (QED) is 0.290. The summed E-state index contributed by atoms with van der Waals surface area (Å²) in [6, 6.07) is 19.1. The molecule has 1 amide bonds. The van der Waals surface area contributed by atoms with Gasteiger partial charge in [-0.3, -0.25) is 9.78 Å². The molecule has 0 aliphatic carbocycles. The fourth-order valence-electron chi connectivity index (χ4n) is 3.95. The van der Waals surface area contributed by atoms with Gasteiger partial charge in [0.2, 0.25) is 5.88 Å². The third kappa shape index (κ3) is 5.97. The summed E-state index contributed by atoms with van der Waals surface area (Å²) in [7, 11) is 1.59. The largest absolute Gasteiger partial charge is 0.495 e. The summed E-state index contributed by atoms with van der Waals surface area (Å²) in [5.74, 6) is 1.38. The van der Waals surface area contributed by atoms with Crippen LogP contribution in [0.15, 0.2) is 73.1 Å². The molecule has 2 aromatic heterocycles. The number of anilines is 1. The molecule has 0 saturated heterocycles. The second kappa shape index (κ2) is 10.8. The number of nitrogens with zero attached hydrogens (tertiary/aromatic N) is 2. The molecule has 0 unspecified atom stereocenters. The molecule has 0 radical (unpaired) electrons. The first-order chi connectivity index (χ1) is 17.7. The van der Waals surface area contributed by atoms with Crippen LogP contribution in [-0.2, 0) is 11.8 Å². The maximum atomic E-state index is 13.3. The van der Waals surface area contributed by atoms with Crippen molar-refractivity contribution in [3.63, 3.8) is 0 Å². The Hall–Kier alpha value is -4.19. The minimum atomic E-state index is -0.253. The van der Waals surface area contributed by atoms with Gasteiger partial charge < -0.3 is 14.8 Å². The lowest BCUT2D eigenvalue weighted by atomic mass is 9.87. The standard InChI is InChI=1S/C31H33N3O3/c1-7-24-17-21(14-16-32-24)25-9-8-15-33-30(25)37-28-18-22(11-10-20(28)2)29(35)34-26-19-23(31(3,4)5)12-13-27(26)36-6/h8-19H,7H2,1-6H3,(H,34,35). The Balaban J connectivity index is 1.63. The summed E-state index contributed by atoms with van der Waals surface area (Å²) >= 11 is 0. The molecule has 0 aliphatic rings. The van der Waals surface area contributed by atoms with Crippen LogP contribution < -0.4 is 14.8 Å². The Kier molecular flexibility index (Phi) is 7.58. The molecule has 6 nitrogen and oxygen atoms in total. The van der Waals surface area contributed by atoms with Gasteiger partial charge in [-0.05, 0) is 84.0 Å². The predicted molar refractivity (Wildman–Crippen MR) is 148 cm³/mol. The van der Waals surface area contributed by atoms with Crippen LogP contribution in [0.4, 0.5) is 5.69 Å². The number of nitrogens with one attached hydrogen (secondary N) is 1. The van der Waals surface area contributed by atoms with Gasteiger partial charge >= 0.3 is 0 Å². The molecule has 0 atom stereocenters. The van der Waals surface area contributed by atoms with Crippen molar-refractivity contribution in [3.05, 3.63) is 95.4 Å². The van der Waals surface area contributed by atoms with Gasteiger partial charge in [0.05, 0.1) is 12.8 Å².